The predicted molar refractivity (Wildman–Crippen MR) is 68.3 cm³/mol. The highest BCUT2D eigenvalue weighted by Crippen LogP contribution is 2.22. The summed E-state index contributed by atoms with van der Waals surface area (Å²) in [6.45, 7) is 1.28. The third-order valence-corrected chi connectivity index (χ3v) is 3.14. The molecule has 2 rings (SSSR count). The number of ketones is 1. The van der Waals surface area contributed by atoms with Crippen LogP contribution in [0.2, 0.25) is 0 Å². The van der Waals surface area contributed by atoms with Crippen molar-refractivity contribution in [2.24, 2.45) is 0 Å². The molecule has 6 nitrogen and oxygen atoms in total. The monoisotopic (exact) mass is 262 g/mol. The lowest BCUT2D eigenvalue weighted by Crippen LogP contribution is -2.49. The van der Waals surface area contributed by atoms with Crippen LogP contribution in [0.15, 0.2) is 24.3 Å². The Hall–Kier alpha value is -2.37. The molecule has 1 aromatic carbocycles. The topological polar surface area (TPSA) is 77.9 Å². The Morgan fingerprint density at radius 2 is 1.89 bits per heavy atom. The zero-order chi connectivity index (χ0) is 14.0. The fraction of sp³-hybridized carbons (Fsp3) is 0.308. The van der Waals surface area contributed by atoms with Gasteiger partial charge in [0.05, 0.1) is 12.1 Å². The summed E-state index contributed by atoms with van der Waals surface area (Å²) in [6.07, 6.45) is 0. The minimum Gasteiger partial charge on any atom is -0.475 e. The number of carboxylic acids is 1. The van der Waals surface area contributed by atoms with E-state index in [1.165, 1.54) is 6.07 Å². The van der Waals surface area contributed by atoms with Crippen LogP contribution in [0.25, 0.3) is 0 Å². The van der Waals surface area contributed by atoms with Crippen molar-refractivity contribution < 1.29 is 19.5 Å². The number of amides is 1. The summed E-state index contributed by atoms with van der Waals surface area (Å²) in [5.74, 6) is -2.50. The summed E-state index contributed by atoms with van der Waals surface area (Å²) in [5.41, 5.74) is 0.615. The maximum absolute atomic E-state index is 11.7. The first-order valence-electron chi connectivity index (χ1n) is 5.86. The van der Waals surface area contributed by atoms with Crippen molar-refractivity contribution in [2.45, 2.75) is 0 Å². The van der Waals surface area contributed by atoms with Crippen LogP contribution in [-0.4, -0.2) is 54.3 Å². The molecule has 1 aromatic rings. The van der Waals surface area contributed by atoms with Gasteiger partial charge >= 0.3 is 5.97 Å². The molecule has 1 fully saturated rings. The van der Waals surface area contributed by atoms with Crippen molar-refractivity contribution in [3.8, 4) is 0 Å². The number of hydrogen-bond donors (Lipinski definition) is 1. The Kier molecular flexibility index (Phi) is 3.50. The minimum absolute atomic E-state index is 0.0520. The van der Waals surface area contributed by atoms with Crippen molar-refractivity contribution in [3.63, 3.8) is 0 Å². The van der Waals surface area contributed by atoms with E-state index in [0.29, 0.717) is 18.8 Å². The summed E-state index contributed by atoms with van der Waals surface area (Å²) in [4.78, 5) is 37.5. The van der Waals surface area contributed by atoms with Gasteiger partial charge in [-0.25, -0.2) is 4.79 Å². The van der Waals surface area contributed by atoms with E-state index < -0.39 is 11.8 Å². The van der Waals surface area contributed by atoms with Gasteiger partial charge in [-0.15, -0.1) is 0 Å². The number of rotatable bonds is 3. The van der Waals surface area contributed by atoms with Crippen LogP contribution < -0.4 is 4.90 Å². The zero-order valence-electron chi connectivity index (χ0n) is 10.5. The van der Waals surface area contributed by atoms with E-state index in [2.05, 4.69) is 0 Å². The lowest BCUT2D eigenvalue weighted by molar-refractivity contribution is -0.132. The van der Waals surface area contributed by atoms with E-state index >= 15 is 0 Å². The first-order valence-corrected chi connectivity index (χ1v) is 5.86. The highest BCUT2D eigenvalue weighted by Gasteiger charge is 2.26. The van der Waals surface area contributed by atoms with E-state index in [4.69, 9.17) is 5.11 Å². The van der Waals surface area contributed by atoms with E-state index in [9.17, 15) is 14.4 Å². The Morgan fingerprint density at radius 1 is 1.21 bits per heavy atom. The largest absolute Gasteiger partial charge is 0.475 e. The Balaban J connectivity index is 2.33. The number of hydrogen-bond acceptors (Lipinski definition) is 4. The Bertz CT molecular complexity index is 541. The number of anilines is 1. The molecular weight excluding hydrogens is 248 g/mol. The SMILES string of the molecule is CN1CCN(c2ccccc2C(=O)C(=O)O)CC1=O. The first kappa shape index (κ1) is 13.1. The second-order valence-corrected chi connectivity index (χ2v) is 4.39. The number of carbonyl (C=O) groups is 3. The lowest BCUT2D eigenvalue weighted by atomic mass is 10.1. The number of Topliss-reactive ketones (excluding diaryl/α,β-unsaturated/α-hetero) is 1. The van der Waals surface area contributed by atoms with Crippen LogP contribution in [0.1, 0.15) is 10.4 Å². The van der Waals surface area contributed by atoms with Crippen molar-refractivity contribution >= 4 is 23.3 Å². The molecule has 19 heavy (non-hydrogen) atoms. The van der Waals surface area contributed by atoms with Gasteiger partial charge in [-0.05, 0) is 12.1 Å². The summed E-state index contributed by atoms with van der Waals surface area (Å²) >= 11 is 0. The molecular formula is C13H14N2O4. The quantitative estimate of drug-likeness (QED) is 0.623. The molecule has 0 radical (unpaired) electrons. The smallest absolute Gasteiger partial charge is 0.377 e. The van der Waals surface area contributed by atoms with Crippen LogP contribution in [0, 0.1) is 0 Å². The van der Waals surface area contributed by atoms with E-state index in [-0.39, 0.29) is 18.0 Å². The van der Waals surface area contributed by atoms with Gasteiger partial charge in [0.1, 0.15) is 0 Å². The van der Waals surface area contributed by atoms with Gasteiger partial charge in [-0.1, -0.05) is 12.1 Å². The number of carboxylic acid groups (broad SMARTS) is 1. The number of carbonyl (C=O) groups excluding carboxylic acids is 2. The fourth-order valence-electron chi connectivity index (χ4n) is 2.02. The second-order valence-electron chi connectivity index (χ2n) is 4.39. The summed E-state index contributed by atoms with van der Waals surface area (Å²) < 4.78 is 0. The number of piperazine rings is 1. The van der Waals surface area contributed by atoms with Crippen LogP contribution in [0.3, 0.4) is 0 Å². The standard InChI is InChI=1S/C13H14N2O4/c1-14-6-7-15(8-11(14)16)10-5-3-2-4-9(10)12(17)13(18)19/h2-5H,6-8H2,1H3,(H,18,19). The van der Waals surface area contributed by atoms with E-state index in [1.54, 1.807) is 35.0 Å². The number of para-hydroxylation sites is 1. The Morgan fingerprint density at radius 3 is 2.53 bits per heavy atom. The van der Waals surface area contributed by atoms with Gasteiger partial charge in [0, 0.05) is 25.8 Å². The highest BCUT2D eigenvalue weighted by molar-refractivity contribution is 6.41. The summed E-state index contributed by atoms with van der Waals surface area (Å²) in [5, 5.41) is 8.81. The Labute approximate surface area is 110 Å². The van der Waals surface area contributed by atoms with E-state index in [0.717, 1.165) is 0 Å². The number of nitrogens with zero attached hydrogens (tertiary/aromatic N) is 2. The molecule has 1 saturated heterocycles. The number of aliphatic carboxylic acids is 1. The molecule has 0 unspecified atom stereocenters. The number of likely N-dealkylation sites (N-methyl/N-ethyl adjacent to an activating group) is 1. The highest BCUT2D eigenvalue weighted by atomic mass is 16.4. The molecule has 100 valence electrons. The van der Waals surface area contributed by atoms with Gasteiger partial charge in [0.25, 0.3) is 5.78 Å². The fourth-order valence-corrected chi connectivity index (χ4v) is 2.02. The van der Waals surface area contributed by atoms with E-state index in [1.807, 2.05) is 0 Å². The van der Waals surface area contributed by atoms with Crippen LogP contribution >= 0.6 is 0 Å². The van der Waals surface area contributed by atoms with Crippen molar-refractivity contribution in [3.05, 3.63) is 29.8 Å². The third-order valence-electron chi connectivity index (χ3n) is 3.14. The molecule has 0 saturated carbocycles. The maximum atomic E-state index is 11.7. The average molecular weight is 262 g/mol. The van der Waals surface area contributed by atoms with Crippen LogP contribution in [0.5, 0.6) is 0 Å². The lowest BCUT2D eigenvalue weighted by Gasteiger charge is -2.34. The first-order chi connectivity index (χ1) is 9.00. The maximum Gasteiger partial charge on any atom is 0.377 e. The van der Waals surface area contributed by atoms with Crippen LogP contribution in [-0.2, 0) is 9.59 Å². The summed E-state index contributed by atoms with van der Waals surface area (Å²) in [6, 6.07) is 6.46. The molecule has 0 spiro atoms. The van der Waals surface area contributed by atoms with Crippen molar-refractivity contribution in [1.29, 1.82) is 0 Å². The van der Waals surface area contributed by atoms with Gasteiger partial charge in [-0.3, -0.25) is 9.59 Å². The van der Waals surface area contributed by atoms with Gasteiger partial charge < -0.3 is 14.9 Å². The van der Waals surface area contributed by atoms with Crippen molar-refractivity contribution in [1.82, 2.24) is 4.90 Å². The molecule has 0 aromatic heterocycles. The molecule has 1 amide bonds. The molecule has 0 aliphatic carbocycles. The molecule has 6 heteroatoms. The molecule has 1 aliphatic rings. The molecule has 1 aliphatic heterocycles. The number of benzene rings is 1. The zero-order valence-corrected chi connectivity index (χ0v) is 10.5. The normalized spacial score (nSPS) is 15.5. The average Bonchev–Trinajstić information content (AvgIpc) is 2.41. The van der Waals surface area contributed by atoms with Gasteiger partial charge in [0.2, 0.25) is 5.91 Å². The predicted octanol–water partition coefficient (Wildman–Crippen LogP) is 0.232. The molecule has 1 heterocycles. The van der Waals surface area contributed by atoms with Crippen LogP contribution in [0.4, 0.5) is 5.69 Å². The van der Waals surface area contributed by atoms with Gasteiger partial charge in [-0.2, -0.15) is 0 Å². The van der Waals surface area contributed by atoms with Crippen molar-refractivity contribution in [2.75, 3.05) is 31.6 Å². The summed E-state index contributed by atoms with van der Waals surface area (Å²) in [7, 11) is 1.72. The molecule has 1 N–H and O–H groups in total. The third kappa shape index (κ3) is 2.57. The van der Waals surface area contributed by atoms with Gasteiger partial charge in [0.15, 0.2) is 0 Å². The molecule has 0 atom stereocenters. The minimum atomic E-state index is -1.49. The second kappa shape index (κ2) is 5.09. The molecule has 0 bridgehead atoms.